The van der Waals surface area contributed by atoms with Gasteiger partial charge < -0.3 is 10.1 Å². The minimum absolute atomic E-state index is 0.0682. The van der Waals surface area contributed by atoms with E-state index in [1.807, 2.05) is 24.5 Å². The Hall–Kier alpha value is -1.85. The number of nitrogens with one attached hydrogen (secondary N) is 1. The predicted octanol–water partition coefficient (Wildman–Crippen LogP) is 2.74. The van der Waals surface area contributed by atoms with E-state index in [2.05, 4.69) is 15.3 Å². The molecule has 0 spiro atoms. The Bertz CT molecular complexity index is 679. The largest absolute Gasteiger partial charge is 0.371 e. The van der Waals surface area contributed by atoms with Gasteiger partial charge in [0.25, 0.3) is 0 Å². The Morgan fingerprint density at radius 3 is 2.65 bits per heavy atom. The molecule has 1 aromatic carbocycles. The van der Waals surface area contributed by atoms with Crippen molar-refractivity contribution in [2.45, 2.75) is 31.3 Å². The van der Waals surface area contributed by atoms with Gasteiger partial charge in [-0.05, 0) is 41.5 Å². The second kappa shape index (κ2) is 6.34. The number of nitrogens with zero attached hydrogens (tertiary/aromatic N) is 2. The molecule has 1 atom stereocenters. The lowest BCUT2D eigenvalue weighted by molar-refractivity contribution is 0.0275. The first kappa shape index (κ1) is 14.7. The maximum Gasteiger partial charge on any atom is 0.132 e. The molecule has 120 valence electrons. The summed E-state index contributed by atoms with van der Waals surface area (Å²) < 4.78 is 20.0. The van der Waals surface area contributed by atoms with Crippen molar-refractivity contribution in [2.75, 3.05) is 19.7 Å². The molecule has 1 saturated carbocycles. The predicted molar refractivity (Wildman–Crippen MR) is 84.8 cm³/mol. The van der Waals surface area contributed by atoms with Crippen molar-refractivity contribution in [3.63, 3.8) is 0 Å². The van der Waals surface area contributed by atoms with Gasteiger partial charge in [0.1, 0.15) is 11.6 Å². The van der Waals surface area contributed by atoms with E-state index in [1.54, 1.807) is 6.07 Å². The molecule has 1 N–H and O–H groups in total. The minimum atomic E-state index is -0.216. The van der Waals surface area contributed by atoms with Gasteiger partial charge in [0.15, 0.2) is 0 Å². The number of aromatic nitrogens is 2. The molecule has 2 heterocycles. The van der Waals surface area contributed by atoms with Gasteiger partial charge in [-0.1, -0.05) is 12.1 Å². The molecular formula is C18H20FN3O. The summed E-state index contributed by atoms with van der Waals surface area (Å²) in [6.45, 7) is 2.24. The molecule has 2 aliphatic rings. The minimum Gasteiger partial charge on any atom is -0.371 e. The van der Waals surface area contributed by atoms with Crippen LogP contribution in [0.3, 0.4) is 0 Å². The average molecular weight is 313 g/mol. The third-order valence-electron chi connectivity index (χ3n) is 4.50. The molecular weight excluding hydrogens is 293 g/mol. The van der Waals surface area contributed by atoms with E-state index in [0.29, 0.717) is 30.3 Å². The summed E-state index contributed by atoms with van der Waals surface area (Å²) in [4.78, 5) is 8.75. The van der Waals surface area contributed by atoms with Crippen LogP contribution in [0.4, 0.5) is 4.39 Å². The summed E-state index contributed by atoms with van der Waals surface area (Å²) in [6.07, 6.45) is 6.58. The Kier molecular flexibility index (Phi) is 4.06. The zero-order valence-electron chi connectivity index (χ0n) is 13.0. The van der Waals surface area contributed by atoms with Gasteiger partial charge in [-0.3, -0.25) is 0 Å². The number of ether oxygens (including phenoxy) is 1. The van der Waals surface area contributed by atoms with Crippen LogP contribution in [0.5, 0.6) is 0 Å². The van der Waals surface area contributed by atoms with Crippen molar-refractivity contribution >= 4 is 0 Å². The van der Waals surface area contributed by atoms with Crippen LogP contribution in [-0.2, 0) is 11.2 Å². The summed E-state index contributed by atoms with van der Waals surface area (Å²) in [5, 5.41) is 3.26. The zero-order chi connectivity index (χ0) is 15.6. The third kappa shape index (κ3) is 3.41. The maximum absolute atomic E-state index is 14.4. The molecule has 0 radical (unpaired) electrons. The molecule has 1 aromatic heterocycles. The average Bonchev–Trinajstić information content (AvgIpc) is 3.43. The van der Waals surface area contributed by atoms with Gasteiger partial charge in [0.05, 0.1) is 12.7 Å². The van der Waals surface area contributed by atoms with Crippen LogP contribution in [0.25, 0.3) is 0 Å². The summed E-state index contributed by atoms with van der Waals surface area (Å²) in [5.74, 6) is 1.09. The lowest BCUT2D eigenvalue weighted by atomic mass is 10.0. The van der Waals surface area contributed by atoms with Crippen LogP contribution in [0.2, 0.25) is 0 Å². The highest BCUT2D eigenvalue weighted by molar-refractivity contribution is 5.29. The van der Waals surface area contributed by atoms with Gasteiger partial charge >= 0.3 is 0 Å². The molecule has 0 unspecified atom stereocenters. The first-order valence-electron chi connectivity index (χ1n) is 8.21. The van der Waals surface area contributed by atoms with E-state index in [0.717, 1.165) is 18.7 Å². The number of halogens is 1. The second-order valence-corrected chi connectivity index (χ2v) is 6.30. The van der Waals surface area contributed by atoms with Gasteiger partial charge in [0.2, 0.25) is 0 Å². The summed E-state index contributed by atoms with van der Waals surface area (Å²) in [5.41, 5.74) is 2.70. The van der Waals surface area contributed by atoms with E-state index in [1.165, 1.54) is 18.4 Å². The van der Waals surface area contributed by atoms with Crippen LogP contribution in [0.15, 0.2) is 30.6 Å². The highest BCUT2D eigenvalue weighted by atomic mass is 19.1. The van der Waals surface area contributed by atoms with Crippen LogP contribution in [0, 0.1) is 5.82 Å². The molecule has 2 aromatic rings. The number of hydrogen-bond acceptors (Lipinski definition) is 4. The molecule has 5 heteroatoms. The highest BCUT2D eigenvalue weighted by Gasteiger charge is 2.24. The molecule has 2 fully saturated rings. The van der Waals surface area contributed by atoms with Crippen molar-refractivity contribution < 1.29 is 9.13 Å². The maximum atomic E-state index is 14.4. The third-order valence-corrected chi connectivity index (χ3v) is 4.50. The van der Waals surface area contributed by atoms with Gasteiger partial charge in [-0.15, -0.1) is 0 Å². The van der Waals surface area contributed by atoms with Crippen molar-refractivity contribution in [1.82, 2.24) is 15.3 Å². The normalized spacial score (nSPS) is 21.3. The fraction of sp³-hybridized carbons (Fsp3) is 0.444. The second-order valence-electron chi connectivity index (χ2n) is 6.30. The van der Waals surface area contributed by atoms with Crippen LogP contribution in [0.1, 0.15) is 47.4 Å². The van der Waals surface area contributed by atoms with Gasteiger partial charge in [-0.2, -0.15) is 0 Å². The number of morpholine rings is 1. The Morgan fingerprint density at radius 1 is 1.17 bits per heavy atom. The number of hydrogen-bond donors (Lipinski definition) is 1. The summed E-state index contributed by atoms with van der Waals surface area (Å²) in [6, 6.07) is 5.33. The van der Waals surface area contributed by atoms with Crippen molar-refractivity contribution in [3.05, 3.63) is 58.9 Å². The number of rotatable bonds is 4. The Labute approximate surface area is 135 Å². The number of benzene rings is 1. The van der Waals surface area contributed by atoms with E-state index in [4.69, 9.17) is 4.74 Å². The molecule has 23 heavy (non-hydrogen) atoms. The van der Waals surface area contributed by atoms with Crippen molar-refractivity contribution in [2.24, 2.45) is 0 Å². The standard InChI is InChI=1S/C18H20FN3O/c19-16-7-14(17-11-20-5-6-23-17)4-3-13(16)8-18-21-9-15(10-22-18)12-1-2-12/h3-4,7,9-10,12,17,20H,1-2,5-6,8,11H2/t17-/m0/s1. The quantitative estimate of drug-likeness (QED) is 0.943. The first-order valence-corrected chi connectivity index (χ1v) is 8.21. The first-order chi connectivity index (χ1) is 11.3. The van der Waals surface area contributed by atoms with Crippen molar-refractivity contribution in [1.29, 1.82) is 0 Å². The topological polar surface area (TPSA) is 47.0 Å². The smallest absolute Gasteiger partial charge is 0.132 e. The molecule has 1 aliphatic carbocycles. The molecule has 1 aliphatic heterocycles. The lowest BCUT2D eigenvalue weighted by Crippen LogP contribution is -2.33. The van der Waals surface area contributed by atoms with E-state index < -0.39 is 0 Å². The Balaban J connectivity index is 1.47. The monoisotopic (exact) mass is 313 g/mol. The molecule has 0 bridgehead atoms. The van der Waals surface area contributed by atoms with Crippen LogP contribution >= 0.6 is 0 Å². The fourth-order valence-corrected chi connectivity index (χ4v) is 2.94. The van der Waals surface area contributed by atoms with Gasteiger partial charge in [0, 0.05) is 31.9 Å². The van der Waals surface area contributed by atoms with E-state index in [9.17, 15) is 4.39 Å². The molecule has 4 nitrogen and oxygen atoms in total. The lowest BCUT2D eigenvalue weighted by Gasteiger charge is -2.24. The zero-order valence-corrected chi connectivity index (χ0v) is 13.0. The molecule has 4 rings (SSSR count). The fourth-order valence-electron chi connectivity index (χ4n) is 2.94. The van der Waals surface area contributed by atoms with E-state index in [-0.39, 0.29) is 11.9 Å². The van der Waals surface area contributed by atoms with E-state index >= 15 is 0 Å². The molecule has 1 saturated heterocycles. The SMILES string of the molecule is Fc1cc([C@@H]2CNCCO2)ccc1Cc1ncc(C2CC2)cn1. The van der Waals surface area contributed by atoms with Crippen LogP contribution < -0.4 is 5.32 Å². The highest BCUT2D eigenvalue weighted by Crippen LogP contribution is 2.39. The Morgan fingerprint density at radius 2 is 2.00 bits per heavy atom. The molecule has 0 amide bonds. The van der Waals surface area contributed by atoms with Crippen molar-refractivity contribution in [3.8, 4) is 0 Å². The van der Waals surface area contributed by atoms with Crippen LogP contribution in [-0.4, -0.2) is 29.7 Å². The summed E-state index contributed by atoms with van der Waals surface area (Å²) in [7, 11) is 0. The van der Waals surface area contributed by atoms with Gasteiger partial charge in [-0.25, -0.2) is 14.4 Å². The summed E-state index contributed by atoms with van der Waals surface area (Å²) >= 11 is 0.